The molecule has 3 amide bonds. The number of fused-ring (bicyclic) bond motifs is 1. The Bertz CT molecular complexity index is 1350. The molecule has 0 unspecified atom stereocenters. The number of aliphatic hydroxyl groups excluding tert-OH is 1. The molecule has 1 heterocycles. The van der Waals surface area contributed by atoms with Gasteiger partial charge in [0.1, 0.15) is 11.6 Å². The molecule has 2 fully saturated rings. The van der Waals surface area contributed by atoms with Gasteiger partial charge >= 0.3 is 6.18 Å². The molecular formula is C30H33F3N4O4. The smallest absolute Gasteiger partial charge is 0.373 e. The van der Waals surface area contributed by atoms with Crippen molar-refractivity contribution in [1.82, 2.24) is 10.6 Å². The number of likely N-dealkylation sites (N-methyl/N-ethyl adjacent to an activating group) is 1. The number of nitrogens with one attached hydrogen (secondary N) is 2. The van der Waals surface area contributed by atoms with E-state index in [1.165, 1.54) is 24.1 Å². The van der Waals surface area contributed by atoms with E-state index in [-0.39, 0.29) is 24.5 Å². The van der Waals surface area contributed by atoms with Crippen LogP contribution in [-0.4, -0.2) is 48.0 Å². The van der Waals surface area contributed by atoms with Gasteiger partial charge < -0.3 is 20.6 Å². The quantitative estimate of drug-likeness (QED) is 0.358. The molecule has 2 aromatic rings. The molecule has 218 valence electrons. The normalized spacial score (nSPS) is 21.6. The van der Waals surface area contributed by atoms with Gasteiger partial charge in [-0.15, -0.1) is 0 Å². The van der Waals surface area contributed by atoms with Gasteiger partial charge in [-0.1, -0.05) is 56.0 Å². The molecule has 0 saturated heterocycles. The Kier molecular flexibility index (Phi) is 7.91. The zero-order valence-electron chi connectivity index (χ0n) is 22.7. The Hall–Kier alpha value is -3.73. The number of carbonyl (C=O) groups excluding carboxylic acids is 3. The van der Waals surface area contributed by atoms with Crippen LogP contribution in [0.15, 0.2) is 53.5 Å². The van der Waals surface area contributed by atoms with Gasteiger partial charge in [0.05, 0.1) is 17.0 Å². The number of aliphatic hydroxyl groups is 1. The monoisotopic (exact) mass is 570 g/mol. The minimum atomic E-state index is -4.52. The summed E-state index contributed by atoms with van der Waals surface area (Å²) in [5.41, 5.74) is -0.726. The predicted octanol–water partition coefficient (Wildman–Crippen LogP) is 4.15. The maximum Gasteiger partial charge on any atom is 0.416 e. The SMILES string of the molecule is CN1C(=O)[C@@H](NC(=O)C2(C(=O)N[C@@H](O)C3CCCCC3)CCC2)N=C(c2ccc(C(F)(F)F)cc2)c2ccccc21. The number of nitrogens with zero attached hydrogens (tertiary/aromatic N) is 2. The number of aliphatic imine (C=N–C) groups is 1. The van der Waals surface area contributed by atoms with Crippen LogP contribution in [0.2, 0.25) is 0 Å². The van der Waals surface area contributed by atoms with Gasteiger partial charge in [-0.05, 0) is 43.9 Å². The molecule has 8 nitrogen and oxygen atoms in total. The van der Waals surface area contributed by atoms with Crippen LogP contribution in [-0.2, 0) is 20.6 Å². The maximum atomic E-state index is 13.6. The van der Waals surface area contributed by atoms with Crippen molar-refractivity contribution < 1.29 is 32.7 Å². The number of benzene rings is 2. The third kappa shape index (κ3) is 5.59. The van der Waals surface area contributed by atoms with Gasteiger partial charge in [0.25, 0.3) is 5.91 Å². The summed E-state index contributed by atoms with van der Waals surface area (Å²) in [4.78, 5) is 46.3. The van der Waals surface area contributed by atoms with E-state index in [1.807, 2.05) is 0 Å². The lowest BCUT2D eigenvalue weighted by atomic mass is 9.67. The van der Waals surface area contributed by atoms with Crippen molar-refractivity contribution in [3.8, 4) is 0 Å². The van der Waals surface area contributed by atoms with Crippen LogP contribution in [0.5, 0.6) is 0 Å². The third-order valence-corrected chi connectivity index (χ3v) is 8.55. The van der Waals surface area contributed by atoms with E-state index >= 15 is 0 Å². The van der Waals surface area contributed by atoms with Gasteiger partial charge in [-0.25, -0.2) is 4.99 Å². The summed E-state index contributed by atoms with van der Waals surface area (Å²) >= 11 is 0. The van der Waals surface area contributed by atoms with E-state index in [1.54, 1.807) is 24.3 Å². The number of carbonyl (C=O) groups is 3. The first kappa shape index (κ1) is 28.8. The molecule has 0 bridgehead atoms. The van der Waals surface area contributed by atoms with Crippen LogP contribution >= 0.6 is 0 Å². The highest BCUT2D eigenvalue weighted by Gasteiger charge is 2.52. The molecular weight excluding hydrogens is 537 g/mol. The molecule has 41 heavy (non-hydrogen) atoms. The average molecular weight is 571 g/mol. The molecule has 2 aromatic carbocycles. The van der Waals surface area contributed by atoms with Crippen LogP contribution in [0.3, 0.4) is 0 Å². The predicted molar refractivity (Wildman–Crippen MR) is 146 cm³/mol. The van der Waals surface area contributed by atoms with E-state index in [4.69, 9.17) is 0 Å². The van der Waals surface area contributed by atoms with Crippen molar-refractivity contribution in [1.29, 1.82) is 0 Å². The number of para-hydroxylation sites is 1. The first-order chi connectivity index (χ1) is 19.5. The molecule has 0 aromatic heterocycles. The highest BCUT2D eigenvalue weighted by atomic mass is 19.4. The number of halogens is 3. The molecule has 2 saturated carbocycles. The number of amides is 3. The van der Waals surface area contributed by atoms with E-state index in [9.17, 15) is 32.7 Å². The molecule has 0 spiro atoms. The third-order valence-electron chi connectivity index (χ3n) is 8.55. The van der Waals surface area contributed by atoms with Crippen LogP contribution in [0.25, 0.3) is 0 Å². The lowest BCUT2D eigenvalue weighted by molar-refractivity contribution is -0.153. The van der Waals surface area contributed by atoms with E-state index in [0.29, 0.717) is 23.2 Å². The lowest BCUT2D eigenvalue weighted by Gasteiger charge is -2.40. The van der Waals surface area contributed by atoms with Crippen molar-refractivity contribution in [2.75, 3.05) is 11.9 Å². The molecule has 3 aliphatic rings. The summed E-state index contributed by atoms with van der Waals surface area (Å²) in [6.45, 7) is 0. The van der Waals surface area contributed by atoms with E-state index in [0.717, 1.165) is 44.2 Å². The molecule has 3 N–H and O–H groups in total. The van der Waals surface area contributed by atoms with Gasteiger partial charge in [0.2, 0.25) is 18.0 Å². The second kappa shape index (κ2) is 11.3. The fraction of sp³-hybridized carbons (Fsp3) is 0.467. The summed E-state index contributed by atoms with van der Waals surface area (Å²) < 4.78 is 39.6. The summed E-state index contributed by atoms with van der Waals surface area (Å²) in [6, 6.07) is 11.3. The van der Waals surface area contributed by atoms with Gasteiger partial charge in [0.15, 0.2) is 0 Å². The summed E-state index contributed by atoms with van der Waals surface area (Å²) in [6.07, 6.45) is -1.22. The zero-order valence-corrected chi connectivity index (χ0v) is 22.7. The van der Waals surface area contributed by atoms with E-state index in [2.05, 4.69) is 15.6 Å². The standard InChI is InChI=1S/C30H33F3N4O4/c1-37-22-11-6-5-10-21(22)23(18-12-14-20(15-13-18)30(31,32)33)34-24(26(37)39)35-27(40)29(16-7-17-29)28(41)36-25(38)19-8-3-2-4-9-19/h5-6,10-15,19,24-25,38H,2-4,7-9,16-17H2,1H3,(H,35,40)(H,36,41)/t24-,25+/m1/s1. The first-order valence-corrected chi connectivity index (χ1v) is 13.9. The highest BCUT2D eigenvalue weighted by molar-refractivity contribution is 6.20. The number of hydrogen-bond donors (Lipinski definition) is 3. The molecule has 1 aliphatic heterocycles. The lowest BCUT2D eigenvalue weighted by Crippen LogP contribution is -2.60. The van der Waals surface area contributed by atoms with Crippen molar-refractivity contribution in [2.45, 2.75) is 69.9 Å². The van der Waals surface area contributed by atoms with Crippen LogP contribution in [0, 0.1) is 11.3 Å². The Labute approximate surface area is 236 Å². The maximum absolute atomic E-state index is 13.6. The molecule has 11 heteroatoms. The first-order valence-electron chi connectivity index (χ1n) is 13.9. The number of hydrogen-bond acceptors (Lipinski definition) is 5. The summed E-state index contributed by atoms with van der Waals surface area (Å²) in [5, 5.41) is 15.9. The summed E-state index contributed by atoms with van der Waals surface area (Å²) in [7, 11) is 1.53. The minimum Gasteiger partial charge on any atom is -0.373 e. The molecule has 0 radical (unpaired) electrons. The molecule has 5 rings (SSSR count). The van der Waals surface area contributed by atoms with Gasteiger partial charge in [0, 0.05) is 24.1 Å². The topological polar surface area (TPSA) is 111 Å². The number of anilines is 1. The number of rotatable bonds is 6. The fourth-order valence-corrected chi connectivity index (χ4v) is 5.85. The van der Waals surface area contributed by atoms with Gasteiger partial charge in [-0.3, -0.25) is 14.4 Å². The van der Waals surface area contributed by atoms with Crippen LogP contribution in [0.4, 0.5) is 18.9 Å². The summed E-state index contributed by atoms with van der Waals surface area (Å²) in [5.74, 6) is -1.89. The van der Waals surface area contributed by atoms with E-state index < -0.39 is 47.3 Å². The van der Waals surface area contributed by atoms with Crippen molar-refractivity contribution >= 4 is 29.1 Å². The average Bonchev–Trinajstić information content (AvgIpc) is 3.03. The molecule has 2 aliphatic carbocycles. The Morgan fingerprint density at radius 1 is 1.00 bits per heavy atom. The Morgan fingerprint density at radius 3 is 2.27 bits per heavy atom. The number of benzodiazepines with no additional fused rings is 1. The van der Waals surface area contributed by atoms with Crippen LogP contribution in [0.1, 0.15) is 68.1 Å². The Balaban J connectivity index is 1.43. The van der Waals surface area contributed by atoms with Crippen molar-refractivity contribution in [3.63, 3.8) is 0 Å². The zero-order chi connectivity index (χ0) is 29.4. The number of alkyl halides is 3. The van der Waals surface area contributed by atoms with Gasteiger partial charge in [-0.2, -0.15) is 13.2 Å². The minimum absolute atomic E-state index is 0.0700. The molecule has 2 atom stereocenters. The van der Waals surface area contributed by atoms with Crippen molar-refractivity contribution in [2.24, 2.45) is 16.3 Å². The van der Waals surface area contributed by atoms with Crippen LogP contribution < -0.4 is 15.5 Å². The highest BCUT2D eigenvalue weighted by Crippen LogP contribution is 2.42. The Morgan fingerprint density at radius 2 is 1.66 bits per heavy atom. The second-order valence-electron chi connectivity index (χ2n) is 11.1. The van der Waals surface area contributed by atoms with Crippen molar-refractivity contribution in [3.05, 3.63) is 65.2 Å². The largest absolute Gasteiger partial charge is 0.416 e. The fourth-order valence-electron chi connectivity index (χ4n) is 5.85. The second-order valence-corrected chi connectivity index (χ2v) is 11.1.